The molecule has 2 aliphatic heterocycles. The molecule has 166 valence electrons. The maximum atomic E-state index is 13.4. The standard InChI is InChI=1S/C22H25F2N3O4/c1-13-2-5-15(6-3-13)26-21-25-11-17(20(27-21)29-16-8-9-28-12-16)14-4-7-18-19(10-14)31-22(23,24)30-18/h4,7,10-11,13,15-16H,2-3,5-6,8-9,12H2,1H3,(H,25,26,27)/t13?,15?,16-/m1/s1. The van der Waals surface area contributed by atoms with Crippen LogP contribution in [0.4, 0.5) is 14.7 Å². The Hall–Kier alpha value is -2.68. The molecule has 9 heteroatoms. The zero-order valence-corrected chi connectivity index (χ0v) is 17.3. The van der Waals surface area contributed by atoms with Crippen LogP contribution >= 0.6 is 0 Å². The van der Waals surface area contributed by atoms with Crippen LogP contribution in [0.2, 0.25) is 0 Å². The van der Waals surface area contributed by atoms with E-state index in [1.165, 1.54) is 25.0 Å². The summed E-state index contributed by atoms with van der Waals surface area (Å²) in [6, 6.07) is 4.93. The molecule has 1 saturated carbocycles. The highest BCUT2D eigenvalue weighted by molar-refractivity contribution is 5.71. The Balaban J connectivity index is 1.42. The van der Waals surface area contributed by atoms with E-state index in [4.69, 9.17) is 9.47 Å². The second-order valence-corrected chi connectivity index (χ2v) is 8.45. The number of nitrogens with one attached hydrogen (secondary N) is 1. The number of rotatable bonds is 5. The van der Waals surface area contributed by atoms with E-state index in [1.807, 2.05) is 0 Å². The van der Waals surface area contributed by atoms with E-state index < -0.39 is 6.29 Å². The van der Waals surface area contributed by atoms with E-state index in [9.17, 15) is 8.78 Å². The highest BCUT2D eigenvalue weighted by Gasteiger charge is 2.43. The Morgan fingerprint density at radius 2 is 1.90 bits per heavy atom. The largest absolute Gasteiger partial charge is 0.586 e. The maximum absolute atomic E-state index is 13.4. The predicted octanol–water partition coefficient (Wildman–Crippen LogP) is 4.62. The molecule has 2 fully saturated rings. The minimum atomic E-state index is -3.66. The third-order valence-electron chi connectivity index (χ3n) is 5.98. The first-order valence-corrected chi connectivity index (χ1v) is 10.7. The fraction of sp³-hybridized carbons (Fsp3) is 0.545. The summed E-state index contributed by atoms with van der Waals surface area (Å²) in [5.74, 6) is 1.61. The molecule has 1 aliphatic carbocycles. The third-order valence-corrected chi connectivity index (χ3v) is 5.98. The molecule has 1 N–H and O–H groups in total. The first-order valence-electron chi connectivity index (χ1n) is 10.7. The number of anilines is 1. The van der Waals surface area contributed by atoms with Crippen LogP contribution in [0.1, 0.15) is 39.0 Å². The number of alkyl halides is 2. The van der Waals surface area contributed by atoms with Crippen LogP contribution in [0.25, 0.3) is 11.1 Å². The fourth-order valence-corrected chi connectivity index (χ4v) is 4.19. The highest BCUT2D eigenvalue weighted by Crippen LogP contribution is 2.44. The van der Waals surface area contributed by atoms with E-state index >= 15 is 0 Å². The molecule has 31 heavy (non-hydrogen) atoms. The van der Waals surface area contributed by atoms with E-state index in [1.54, 1.807) is 12.3 Å². The topological polar surface area (TPSA) is 74.7 Å². The van der Waals surface area contributed by atoms with Crippen LogP contribution in [-0.2, 0) is 4.74 Å². The average molecular weight is 433 g/mol. The fourth-order valence-electron chi connectivity index (χ4n) is 4.19. The van der Waals surface area contributed by atoms with Crippen LogP contribution in [0.3, 0.4) is 0 Å². The molecule has 1 saturated heterocycles. The van der Waals surface area contributed by atoms with Gasteiger partial charge in [-0.15, -0.1) is 8.78 Å². The minimum Gasteiger partial charge on any atom is -0.471 e. The van der Waals surface area contributed by atoms with Gasteiger partial charge in [-0.2, -0.15) is 4.98 Å². The molecule has 0 spiro atoms. The van der Waals surface area contributed by atoms with Gasteiger partial charge in [-0.1, -0.05) is 13.0 Å². The van der Waals surface area contributed by atoms with Crippen LogP contribution in [0.5, 0.6) is 17.4 Å². The van der Waals surface area contributed by atoms with Gasteiger partial charge in [0.1, 0.15) is 6.10 Å². The Morgan fingerprint density at radius 3 is 2.68 bits per heavy atom. The van der Waals surface area contributed by atoms with Crippen molar-refractivity contribution in [3.8, 4) is 28.5 Å². The smallest absolute Gasteiger partial charge is 0.471 e. The summed E-state index contributed by atoms with van der Waals surface area (Å²) in [5, 5.41) is 3.42. The molecular weight excluding hydrogens is 408 g/mol. The molecule has 7 nitrogen and oxygen atoms in total. The molecular formula is C22H25F2N3O4. The molecule has 3 aliphatic rings. The monoisotopic (exact) mass is 433 g/mol. The summed E-state index contributed by atoms with van der Waals surface area (Å²) >= 11 is 0. The number of nitrogens with zero attached hydrogens (tertiary/aromatic N) is 2. The van der Waals surface area contributed by atoms with E-state index in [0.717, 1.165) is 25.2 Å². The van der Waals surface area contributed by atoms with Crippen molar-refractivity contribution in [2.45, 2.75) is 57.5 Å². The quantitative estimate of drug-likeness (QED) is 0.737. The lowest BCUT2D eigenvalue weighted by molar-refractivity contribution is -0.286. The van der Waals surface area contributed by atoms with Gasteiger partial charge in [0.25, 0.3) is 0 Å². The van der Waals surface area contributed by atoms with Crippen molar-refractivity contribution in [1.82, 2.24) is 9.97 Å². The summed E-state index contributed by atoms with van der Waals surface area (Å²) in [4.78, 5) is 9.10. The number of halogens is 2. The van der Waals surface area contributed by atoms with Crippen molar-refractivity contribution in [3.63, 3.8) is 0 Å². The lowest BCUT2D eigenvalue weighted by Gasteiger charge is -2.27. The van der Waals surface area contributed by atoms with E-state index in [0.29, 0.717) is 42.2 Å². The van der Waals surface area contributed by atoms with Crippen LogP contribution in [-0.4, -0.2) is 41.6 Å². The molecule has 3 heterocycles. The molecule has 0 unspecified atom stereocenters. The molecule has 1 atom stereocenters. The third kappa shape index (κ3) is 4.51. The summed E-state index contributed by atoms with van der Waals surface area (Å²) < 4.78 is 47.4. The Morgan fingerprint density at radius 1 is 1.10 bits per heavy atom. The van der Waals surface area contributed by atoms with Crippen LogP contribution < -0.4 is 19.5 Å². The number of ether oxygens (including phenoxy) is 4. The summed E-state index contributed by atoms with van der Waals surface area (Å²) in [6.07, 6.45) is 3.16. The number of hydrogen-bond donors (Lipinski definition) is 1. The first kappa shape index (κ1) is 20.2. The second kappa shape index (κ2) is 8.11. The molecule has 0 amide bonds. The molecule has 2 aromatic rings. The Bertz CT molecular complexity index is 944. The van der Waals surface area contributed by atoms with Gasteiger partial charge >= 0.3 is 6.29 Å². The van der Waals surface area contributed by atoms with E-state index in [-0.39, 0.29) is 17.6 Å². The molecule has 5 rings (SSSR count). The molecule has 1 aromatic carbocycles. The van der Waals surface area contributed by atoms with Crippen LogP contribution in [0.15, 0.2) is 24.4 Å². The molecule has 1 aromatic heterocycles. The predicted molar refractivity (Wildman–Crippen MR) is 109 cm³/mol. The molecule has 0 bridgehead atoms. The van der Waals surface area contributed by atoms with E-state index in [2.05, 4.69) is 31.7 Å². The van der Waals surface area contributed by atoms with Crippen LogP contribution in [0, 0.1) is 5.92 Å². The van der Waals surface area contributed by atoms with Gasteiger partial charge in [-0.25, -0.2) is 4.98 Å². The number of fused-ring (bicyclic) bond motifs is 1. The lowest BCUT2D eigenvalue weighted by atomic mass is 9.87. The van der Waals surface area contributed by atoms with Gasteiger partial charge in [0.15, 0.2) is 11.5 Å². The summed E-state index contributed by atoms with van der Waals surface area (Å²) in [5.41, 5.74) is 1.20. The zero-order valence-electron chi connectivity index (χ0n) is 17.3. The van der Waals surface area contributed by atoms with Crippen molar-refractivity contribution in [2.75, 3.05) is 18.5 Å². The summed E-state index contributed by atoms with van der Waals surface area (Å²) in [7, 11) is 0. The first-order chi connectivity index (χ1) is 14.9. The van der Waals surface area contributed by atoms with Crippen molar-refractivity contribution in [2.24, 2.45) is 5.92 Å². The van der Waals surface area contributed by atoms with Gasteiger partial charge in [-0.3, -0.25) is 0 Å². The second-order valence-electron chi connectivity index (χ2n) is 8.45. The van der Waals surface area contributed by atoms with Gasteiger partial charge in [0, 0.05) is 18.7 Å². The zero-order chi connectivity index (χ0) is 21.4. The van der Waals surface area contributed by atoms with Gasteiger partial charge in [0.2, 0.25) is 11.8 Å². The van der Waals surface area contributed by atoms with Gasteiger partial charge < -0.3 is 24.3 Å². The normalized spacial score (nSPS) is 26.6. The number of benzene rings is 1. The Kier molecular flexibility index (Phi) is 5.29. The van der Waals surface area contributed by atoms with Crippen molar-refractivity contribution in [1.29, 1.82) is 0 Å². The van der Waals surface area contributed by atoms with Crippen molar-refractivity contribution >= 4 is 5.95 Å². The summed E-state index contributed by atoms with van der Waals surface area (Å²) in [6.45, 7) is 3.40. The number of hydrogen-bond acceptors (Lipinski definition) is 7. The van der Waals surface area contributed by atoms with Crippen molar-refractivity contribution in [3.05, 3.63) is 24.4 Å². The van der Waals surface area contributed by atoms with Gasteiger partial charge in [-0.05, 0) is 49.3 Å². The SMILES string of the molecule is CC1CCC(Nc2ncc(-c3ccc4c(c3)OC(F)(F)O4)c(O[C@@H]3CCOC3)n2)CC1. The highest BCUT2D eigenvalue weighted by atomic mass is 19.3. The maximum Gasteiger partial charge on any atom is 0.586 e. The Labute approximate surface area is 179 Å². The average Bonchev–Trinajstić information content (AvgIpc) is 3.35. The lowest BCUT2D eigenvalue weighted by Crippen LogP contribution is -2.26. The van der Waals surface area contributed by atoms with Gasteiger partial charge in [0.05, 0.1) is 18.8 Å². The minimum absolute atomic E-state index is 0.00820. The van der Waals surface area contributed by atoms with Crippen molar-refractivity contribution < 1.29 is 27.7 Å². The number of aromatic nitrogens is 2. The molecule has 0 radical (unpaired) electrons.